The molecule has 0 amide bonds. The number of hydrogen-bond donors (Lipinski definition) is 1. The molecule has 8 nitrogen and oxygen atoms in total. The molecule has 5 rings (SSSR count). The second-order valence-electron chi connectivity index (χ2n) is 11.8. The average molecular weight is 701 g/mol. The third-order valence-electron chi connectivity index (χ3n) is 8.34. The van der Waals surface area contributed by atoms with E-state index in [1.54, 1.807) is 17.0 Å². The number of tetrazole rings is 1. The second-order valence-corrected chi connectivity index (χ2v) is 11.8. The number of anilines is 2. The Hall–Kier alpha value is -4.83. The van der Waals surface area contributed by atoms with E-state index in [1.807, 2.05) is 0 Å². The molecule has 1 atom stereocenters. The molecule has 0 unspecified atom stereocenters. The zero-order valence-corrected chi connectivity index (χ0v) is 26.2. The van der Waals surface area contributed by atoms with Crippen LogP contribution in [0.25, 0.3) is 0 Å². The maximum atomic E-state index is 14.4. The number of hydrogen-bond acceptors (Lipinski definition) is 6. The molecule has 0 spiro atoms. The molecule has 0 bridgehead atoms. The van der Waals surface area contributed by atoms with Gasteiger partial charge in [-0.05, 0) is 90.1 Å². The highest BCUT2D eigenvalue weighted by atomic mass is 19.4. The van der Waals surface area contributed by atoms with Crippen LogP contribution in [0.2, 0.25) is 0 Å². The van der Waals surface area contributed by atoms with Crippen LogP contribution in [-0.2, 0) is 38.7 Å². The van der Waals surface area contributed by atoms with Gasteiger partial charge in [0.1, 0.15) is 0 Å². The van der Waals surface area contributed by atoms with E-state index in [0.29, 0.717) is 29.7 Å². The number of alkyl halides is 9. The average Bonchev–Trinajstić information content (AvgIpc) is 3.33. The van der Waals surface area contributed by atoms with Gasteiger partial charge in [-0.2, -0.15) is 44.3 Å². The lowest BCUT2D eigenvalue weighted by molar-refractivity contribution is -0.143. The minimum atomic E-state index is -5.11. The molecule has 0 aliphatic carbocycles. The normalized spacial score (nSPS) is 15.6. The summed E-state index contributed by atoms with van der Waals surface area (Å²) < 4.78 is 126. The van der Waals surface area contributed by atoms with E-state index < -0.39 is 53.8 Å². The Morgan fingerprint density at radius 1 is 0.898 bits per heavy atom. The van der Waals surface area contributed by atoms with Crippen LogP contribution in [0.5, 0.6) is 0 Å². The number of carboxylic acid groups (broad SMARTS) is 1. The van der Waals surface area contributed by atoms with Gasteiger partial charge in [0.15, 0.2) is 0 Å². The molecule has 1 N–H and O–H groups in total. The molecule has 49 heavy (non-hydrogen) atoms. The molecule has 0 saturated carbocycles. The SMILES string of the molecule is Cc1cc2c(c(C)c1C(F)(F)F)N(Cc1ccc(C(=O)O)cc1)CCC[C@@H]2N(Cc1cc(C(F)(F)F)cc(C(F)(F)F)c1)c1nnn(C)n1. The maximum absolute atomic E-state index is 14.4. The zero-order chi connectivity index (χ0) is 36.1. The Bertz CT molecular complexity index is 1820. The van der Waals surface area contributed by atoms with Gasteiger partial charge in [0.05, 0.1) is 35.3 Å². The lowest BCUT2D eigenvalue weighted by Crippen LogP contribution is -2.31. The molecule has 2 heterocycles. The van der Waals surface area contributed by atoms with E-state index in [9.17, 15) is 49.4 Å². The predicted molar refractivity (Wildman–Crippen MR) is 159 cm³/mol. The van der Waals surface area contributed by atoms with E-state index in [0.717, 1.165) is 4.80 Å². The van der Waals surface area contributed by atoms with Gasteiger partial charge in [-0.15, -0.1) is 5.10 Å². The van der Waals surface area contributed by atoms with Crippen LogP contribution in [0.1, 0.15) is 73.7 Å². The first-order valence-electron chi connectivity index (χ1n) is 14.8. The highest BCUT2D eigenvalue weighted by Crippen LogP contribution is 2.47. The molecule has 0 saturated heterocycles. The molecule has 1 aromatic heterocycles. The van der Waals surface area contributed by atoms with Gasteiger partial charge in [0.2, 0.25) is 0 Å². The maximum Gasteiger partial charge on any atom is 0.416 e. The van der Waals surface area contributed by atoms with Crippen molar-refractivity contribution in [2.45, 2.75) is 64.3 Å². The highest BCUT2D eigenvalue weighted by Gasteiger charge is 2.41. The molecular formula is C32H29F9N6O2. The minimum absolute atomic E-state index is 0.0154. The smallest absolute Gasteiger partial charge is 0.416 e. The molecule has 1 aliphatic rings. The van der Waals surface area contributed by atoms with Crippen molar-refractivity contribution in [3.05, 3.63) is 98.6 Å². The van der Waals surface area contributed by atoms with Gasteiger partial charge < -0.3 is 14.9 Å². The number of halogens is 9. The van der Waals surface area contributed by atoms with E-state index in [2.05, 4.69) is 15.4 Å². The summed E-state index contributed by atoms with van der Waals surface area (Å²) in [4.78, 5) is 15.5. The lowest BCUT2D eigenvalue weighted by Gasteiger charge is -2.34. The first kappa shape index (κ1) is 35.5. The molecule has 0 fully saturated rings. The molecule has 262 valence electrons. The Morgan fingerprint density at radius 3 is 2.02 bits per heavy atom. The summed E-state index contributed by atoms with van der Waals surface area (Å²) in [6, 6.07) is 7.44. The molecular weight excluding hydrogens is 671 g/mol. The number of fused-ring (bicyclic) bond motifs is 1. The van der Waals surface area contributed by atoms with Crippen molar-refractivity contribution in [3.63, 3.8) is 0 Å². The third-order valence-corrected chi connectivity index (χ3v) is 8.34. The first-order valence-corrected chi connectivity index (χ1v) is 14.8. The summed E-state index contributed by atoms with van der Waals surface area (Å²) in [5.74, 6) is -1.31. The van der Waals surface area contributed by atoms with Crippen molar-refractivity contribution in [2.24, 2.45) is 7.05 Å². The zero-order valence-electron chi connectivity index (χ0n) is 26.2. The standard InChI is InChI=1S/C32H29F9N6O2/c1-17-11-24-25(47(29-42-44-45(3)43-29)16-20-12-22(30(33,34)35)14-23(13-20)31(36,37)38)5-4-10-46(27(24)18(2)26(17)32(39,40)41)15-19-6-8-21(9-7-19)28(48)49/h6-9,11-14,25H,4-5,10,15-16H2,1-3H3,(H,48,49)/t25-/m0/s1. The van der Waals surface area contributed by atoms with Crippen molar-refractivity contribution in [1.29, 1.82) is 0 Å². The predicted octanol–water partition coefficient (Wildman–Crippen LogP) is 8.13. The number of carbonyl (C=O) groups is 1. The number of aromatic carboxylic acids is 1. The number of aromatic nitrogens is 4. The van der Waals surface area contributed by atoms with Crippen molar-refractivity contribution < 1.29 is 49.4 Å². The van der Waals surface area contributed by atoms with E-state index >= 15 is 0 Å². The monoisotopic (exact) mass is 700 g/mol. The highest BCUT2D eigenvalue weighted by molar-refractivity contribution is 5.87. The second kappa shape index (κ2) is 12.9. The van der Waals surface area contributed by atoms with Crippen molar-refractivity contribution in [3.8, 4) is 0 Å². The number of rotatable bonds is 7. The number of carboxylic acids is 1. The van der Waals surface area contributed by atoms with Gasteiger partial charge in [-0.1, -0.05) is 23.3 Å². The lowest BCUT2D eigenvalue weighted by atomic mass is 9.90. The number of nitrogens with zero attached hydrogens (tertiary/aromatic N) is 6. The van der Waals surface area contributed by atoms with Crippen LogP contribution in [0.4, 0.5) is 51.1 Å². The number of benzene rings is 3. The Kier molecular flexibility index (Phi) is 9.33. The summed E-state index contributed by atoms with van der Waals surface area (Å²) in [5.41, 5.74) is -3.44. The van der Waals surface area contributed by atoms with Gasteiger partial charge in [0, 0.05) is 25.3 Å². The number of aryl methyl sites for hydroxylation is 2. The Morgan fingerprint density at radius 2 is 1.51 bits per heavy atom. The van der Waals surface area contributed by atoms with Crippen LogP contribution in [0.15, 0.2) is 48.5 Å². The van der Waals surface area contributed by atoms with Crippen molar-refractivity contribution >= 4 is 17.6 Å². The molecule has 3 aromatic carbocycles. The summed E-state index contributed by atoms with van der Waals surface area (Å²) in [5, 5.41) is 21.2. The summed E-state index contributed by atoms with van der Waals surface area (Å²) in [6.45, 7) is 2.31. The van der Waals surface area contributed by atoms with Crippen LogP contribution >= 0.6 is 0 Å². The largest absolute Gasteiger partial charge is 0.478 e. The van der Waals surface area contributed by atoms with Crippen molar-refractivity contribution in [1.82, 2.24) is 20.2 Å². The fraction of sp³-hybridized carbons (Fsp3) is 0.375. The Balaban J connectivity index is 1.69. The van der Waals surface area contributed by atoms with Gasteiger partial charge in [-0.3, -0.25) is 0 Å². The molecule has 0 radical (unpaired) electrons. The van der Waals surface area contributed by atoms with E-state index in [1.165, 1.54) is 44.0 Å². The Labute approximate surface area is 273 Å². The summed E-state index contributed by atoms with van der Waals surface area (Å²) in [6.07, 6.45) is -14.4. The van der Waals surface area contributed by atoms with E-state index in [-0.39, 0.29) is 59.5 Å². The van der Waals surface area contributed by atoms with Gasteiger partial charge in [0.25, 0.3) is 5.95 Å². The topological polar surface area (TPSA) is 87.4 Å². The van der Waals surface area contributed by atoms with E-state index in [4.69, 9.17) is 0 Å². The fourth-order valence-electron chi connectivity index (χ4n) is 6.33. The van der Waals surface area contributed by atoms with Crippen molar-refractivity contribution in [2.75, 3.05) is 16.3 Å². The fourth-order valence-corrected chi connectivity index (χ4v) is 6.33. The first-order chi connectivity index (χ1) is 22.7. The summed E-state index contributed by atoms with van der Waals surface area (Å²) >= 11 is 0. The molecule has 4 aromatic rings. The summed E-state index contributed by atoms with van der Waals surface area (Å²) in [7, 11) is 1.41. The molecule has 1 aliphatic heterocycles. The van der Waals surface area contributed by atoms with Crippen LogP contribution in [0.3, 0.4) is 0 Å². The van der Waals surface area contributed by atoms with Crippen LogP contribution < -0.4 is 9.80 Å². The quantitative estimate of drug-likeness (QED) is 0.195. The van der Waals surface area contributed by atoms with Gasteiger partial charge >= 0.3 is 24.5 Å². The van der Waals surface area contributed by atoms with Gasteiger partial charge in [-0.25, -0.2) is 4.79 Å². The van der Waals surface area contributed by atoms with Crippen LogP contribution in [-0.4, -0.2) is 37.8 Å². The minimum Gasteiger partial charge on any atom is -0.478 e. The molecule has 17 heteroatoms. The third kappa shape index (κ3) is 7.59. The van der Waals surface area contributed by atoms with Crippen LogP contribution in [0, 0.1) is 13.8 Å².